The molecule has 0 bridgehead atoms. The molecule has 0 aromatic carbocycles. The summed E-state index contributed by atoms with van der Waals surface area (Å²) in [4.78, 5) is 11.1. The Morgan fingerprint density at radius 2 is 2.06 bits per heavy atom. The summed E-state index contributed by atoms with van der Waals surface area (Å²) in [6.07, 6.45) is 8.87. The van der Waals surface area contributed by atoms with E-state index in [1.807, 2.05) is 12.4 Å². The number of rotatable bonds is 7. The van der Waals surface area contributed by atoms with Crippen LogP contribution in [0.1, 0.15) is 45.1 Å². The van der Waals surface area contributed by atoms with Crippen LogP contribution in [0.4, 0.5) is 5.95 Å². The summed E-state index contributed by atoms with van der Waals surface area (Å²) in [5.41, 5.74) is 1.17. The van der Waals surface area contributed by atoms with E-state index in [4.69, 9.17) is 0 Å². The van der Waals surface area contributed by atoms with E-state index < -0.39 is 0 Å². The van der Waals surface area contributed by atoms with Crippen LogP contribution < -0.4 is 10.2 Å². The minimum atomic E-state index is 0.491. The fourth-order valence-electron chi connectivity index (χ4n) is 1.98. The summed E-state index contributed by atoms with van der Waals surface area (Å²) in [5.74, 6) is 0.825. The second-order valence-corrected chi connectivity index (χ2v) is 5.30. The highest BCUT2D eigenvalue weighted by Crippen LogP contribution is 2.19. The highest BCUT2D eigenvalue weighted by atomic mass is 15.2. The average Bonchev–Trinajstić information content (AvgIpc) is 3.20. The Hall–Kier alpha value is -1.16. The molecular weight excluding hydrogens is 224 g/mol. The van der Waals surface area contributed by atoms with Crippen LogP contribution in [0.25, 0.3) is 0 Å². The van der Waals surface area contributed by atoms with E-state index in [-0.39, 0.29) is 0 Å². The SMILES string of the molecule is CCCC(C)N(C)c1ncc(CNC2CC2)cn1. The smallest absolute Gasteiger partial charge is 0.225 e. The van der Waals surface area contributed by atoms with Gasteiger partial charge in [0.2, 0.25) is 5.95 Å². The number of anilines is 1. The van der Waals surface area contributed by atoms with Crippen LogP contribution in [-0.4, -0.2) is 29.1 Å². The molecular formula is C14H24N4. The topological polar surface area (TPSA) is 41.1 Å². The molecule has 100 valence electrons. The molecule has 0 amide bonds. The Bertz CT molecular complexity index is 359. The van der Waals surface area contributed by atoms with Gasteiger partial charge in [-0.2, -0.15) is 0 Å². The zero-order valence-corrected chi connectivity index (χ0v) is 11.7. The third-order valence-corrected chi connectivity index (χ3v) is 3.55. The summed E-state index contributed by atoms with van der Waals surface area (Å²) in [7, 11) is 2.07. The molecule has 1 heterocycles. The molecule has 1 unspecified atom stereocenters. The van der Waals surface area contributed by atoms with Crippen molar-refractivity contribution < 1.29 is 0 Å². The number of aromatic nitrogens is 2. The van der Waals surface area contributed by atoms with Crippen molar-refractivity contribution in [1.82, 2.24) is 15.3 Å². The lowest BCUT2D eigenvalue weighted by Gasteiger charge is -2.24. The molecule has 2 rings (SSSR count). The van der Waals surface area contributed by atoms with Gasteiger partial charge >= 0.3 is 0 Å². The summed E-state index contributed by atoms with van der Waals surface area (Å²) in [6, 6.07) is 1.22. The number of hydrogen-bond acceptors (Lipinski definition) is 4. The zero-order chi connectivity index (χ0) is 13.0. The first kappa shape index (κ1) is 13.3. The molecule has 4 nitrogen and oxygen atoms in total. The van der Waals surface area contributed by atoms with Crippen molar-refractivity contribution in [2.75, 3.05) is 11.9 Å². The predicted molar refractivity (Wildman–Crippen MR) is 74.7 cm³/mol. The van der Waals surface area contributed by atoms with E-state index in [2.05, 4.69) is 41.1 Å². The van der Waals surface area contributed by atoms with Gasteiger partial charge < -0.3 is 10.2 Å². The Kier molecular flexibility index (Phi) is 4.53. The maximum Gasteiger partial charge on any atom is 0.225 e. The van der Waals surface area contributed by atoms with Gasteiger partial charge in [0.05, 0.1) is 0 Å². The Morgan fingerprint density at radius 1 is 1.39 bits per heavy atom. The number of nitrogens with zero attached hydrogens (tertiary/aromatic N) is 3. The van der Waals surface area contributed by atoms with Crippen LogP contribution in [0.5, 0.6) is 0 Å². The molecule has 0 saturated heterocycles. The molecule has 1 aliphatic rings. The molecule has 0 spiro atoms. The Labute approximate surface area is 110 Å². The third kappa shape index (κ3) is 3.67. The maximum absolute atomic E-state index is 4.46. The van der Waals surface area contributed by atoms with E-state index in [1.54, 1.807) is 0 Å². The first-order valence-corrected chi connectivity index (χ1v) is 6.97. The maximum atomic E-state index is 4.46. The summed E-state index contributed by atoms with van der Waals surface area (Å²) in [6.45, 7) is 5.31. The van der Waals surface area contributed by atoms with Crippen molar-refractivity contribution in [1.29, 1.82) is 0 Å². The molecule has 1 N–H and O–H groups in total. The standard InChI is InChI=1S/C14H24N4/c1-4-5-11(2)18(3)14-16-9-12(10-17-14)8-15-13-6-7-13/h9-11,13,15H,4-8H2,1-3H3. The van der Waals surface area contributed by atoms with Crippen molar-refractivity contribution >= 4 is 5.95 Å². The van der Waals surface area contributed by atoms with Crippen LogP contribution in [-0.2, 0) is 6.54 Å². The first-order chi connectivity index (χ1) is 8.70. The van der Waals surface area contributed by atoms with Gasteiger partial charge in [0.1, 0.15) is 0 Å². The normalized spacial score (nSPS) is 16.6. The minimum Gasteiger partial charge on any atom is -0.341 e. The van der Waals surface area contributed by atoms with Gasteiger partial charge in [-0.05, 0) is 26.2 Å². The molecule has 0 aliphatic heterocycles. The van der Waals surface area contributed by atoms with Crippen LogP contribution in [0.15, 0.2) is 12.4 Å². The van der Waals surface area contributed by atoms with Crippen molar-refractivity contribution in [2.24, 2.45) is 0 Å². The molecule has 4 heteroatoms. The lowest BCUT2D eigenvalue weighted by atomic mass is 10.2. The molecule has 1 atom stereocenters. The molecule has 0 radical (unpaired) electrons. The van der Waals surface area contributed by atoms with E-state index >= 15 is 0 Å². The Balaban J connectivity index is 1.88. The largest absolute Gasteiger partial charge is 0.341 e. The molecule has 1 fully saturated rings. The van der Waals surface area contributed by atoms with Gasteiger partial charge in [-0.1, -0.05) is 13.3 Å². The fraction of sp³-hybridized carbons (Fsp3) is 0.714. The molecule has 1 aromatic heterocycles. The molecule has 18 heavy (non-hydrogen) atoms. The monoisotopic (exact) mass is 248 g/mol. The lowest BCUT2D eigenvalue weighted by molar-refractivity contribution is 0.604. The van der Waals surface area contributed by atoms with E-state index in [0.29, 0.717) is 6.04 Å². The van der Waals surface area contributed by atoms with Crippen LogP contribution in [0.2, 0.25) is 0 Å². The first-order valence-electron chi connectivity index (χ1n) is 6.97. The van der Waals surface area contributed by atoms with Crippen LogP contribution in [0.3, 0.4) is 0 Å². The fourth-order valence-corrected chi connectivity index (χ4v) is 1.98. The average molecular weight is 248 g/mol. The van der Waals surface area contributed by atoms with Gasteiger partial charge in [-0.15, -0.1) is 0 Å². The molecule has 1 saturated carbocycles. The van der Waals surface area contributed by atoms with Crippen molar-refractivity contribution in [2.45, 2.75) is 58.2 Å². The van der Waals surface area contributed by atoms with E-state index in [0.717, 1.165) is 18.5 Å². The highest BCUT2D eigenvalue weighted by molar-refractivity contribution is 5.29. The third-order valence-electron chi connectivity index (χ3n) is 3.55. The zero-order valence-electron chi connectivity index (χ0n) is 11.7. The van der Waals surface area contributed by atoms with Gasteiger partial charge in [0, 0.05) is 43.6 Å². The highest BCUT2D eigenvalue weighted by Gasteiger charge is 2.20. The van der Waals surface area contributed by atoms with Gasteiger partial charge in [0.15, 0.2) is 0 Å². The van der Waals surface area contributed by atoms with E-state index in [9.17, 15) is 0 Å². The summed E-state index contributed by atoms with van der Waals surface area (Å²) >= 11 is 0. The lowest BCUT2D eigenvalue weighted by Crippen LogP contribution is -2.30. The summed E-state index contributed by atoms with van der Waals surface area (Å²) < 4.78 is 0. The van der Waals surface area contributed by atoms with Crippen LogP contribution in [0, 0.1) is 0 Å². The van der Waals surface area contributed by atoms with Gasteiger partial charge in [-0.25, -0.2) is 9.97 Å². The number of nitrogens with one attached hydrogen (secondary N) is 1. The molecule has 1 aromatic rings. The quantitative estimate of drug-likeness (QED) is 0.804. The van der Waals surface area contributed by atoms with Gasteiger partial charge in [0.25, 0.3) is 0 Å². The molecule has 1 aliphatic carbocycles. The Morgan fingerprint density at radius 3 is 2.61 bits per heavy atom. The van der Waals surface area contributed by atoms with Crippen molar-refractivity contribution in [3.05, 3.63) is 18.0 Å². The van der Waals surface area contributed by atoms with Crippen molar-refractivity contribution in [3.63, 3.8) is 0 Å². The van der Waals surface area contributed by atoms with Crippen LogP contribution >= 0.6 is 0 Å². The summed E-state index contributed by atoms with van der Waals surface area (Å²) in [5, 5.41) is 3.47. The van der Waals surface area contributed by atoms with Crippen molar-refractivity contribution in [3.8, 4) is 0 Å². The van der Waals surface area contributed by atoms with Gasteiger partial charge in [-0.3, -0.25) is 0 Å². The van der Waals surface area contributed by atoms with E-state index in [1.165, 1.54) is 31.2 Å². The predicted octanol–water partition coefficient (Wildman–Crippen LogP) is 2.35. The second-order valence-electron chi connectivity index (χ2n) is 5.30. The second kappa shape index (κ2) is 6.14. The minimum absolute atomic E-state index is 0.491. The number of hydrogen-bond donors (Lipinski definition) is 1.